The SMILES string of the molecule is CCn1cc(-c2cc(C(F)(F)F)nc3sc(C(N)=O)c(NC(=O)c4ccn(COc5c(OC)cccc5OC)n4)c23)c(C)n1. The highest BCUT2D eigenvalue weighted by molar-refractivity contribution is 7.21. The number of para-hydroxylation sites is 1. The van der Waals surface area contributed by atoms with E-state index in [0.29, 0.717) is 46.4 Å². The zero-order valence-corrected chi connectivity index (χ0v) is 24.7. The van der Waals surface area contributed by atoms with Crippen LogP contribution in [-0.4, -0.2) is 50.6 Å². The molecule has 0 radical (unpaired) electrons. The minimum absolute atomic E-state index is 0.0632. The van der Waals surface area contributed by atoms with Gasteiger partial charge in [-0.25, -0.2) is 9.67 Å². The number of anilines is 1. The van der Waals surface area contributed by atoms with E-state index >= 15 is 0 Å². The molecule has 0 atom stereocenters. The van der Waals surface area contributed by atoms with Crippen LogP contribution in [0.4, 0.5) is 18.9 Å². The number of thiophene rings is 1. The van der Waals surface area contributed by atoms with Gasteiger partial charge >= 0.3 is 6.18 Å². The number of fused-ring (bicyclic) bond motifs is 1. The Bertz CT molecular complexity index is 1860. The zero-order chi connectivity index (χ0) is 31.8. The number of carbonyl (C=O) groups is 2. The standard InChI is InChI=1S/C28H26F3N7O5S/c1-5-37-12-16(14(2)35-37)15-11-20(28(29,30)31)33-27-21(15)22(24(44-27)25(32)39)34-26(40)17-9-10-38(36-17)13-43-23-18(41-3)7-6-8-19(23)42-4/h6-12H,5,13H2,1-4H3,(H2,32,39)(H,34,40). The zero-order valence-electron chi connectivity index (χ0n) is 23.9. The van der Waals surface area contributed by atoms with Crippen LogP contribution in [0.2, 0.25) is 0 Å². The van der Waals surface area contributed by atoms with Crippen LogP contribution in [0.25, 0.3) is 21.3 Å². The van der Waals surface area contributed by atoms with Gasteiger partial charge in [0.25, 0.3) is 11.8 Å². The molecule has 230 valence electrons. The van der Waals surface area contributed by atoms with Gasteiger partial charge in [-0.15, -0.1) is 11.3 Å². The summed E-state index contributed by atoms with van der Waals surface area (Å²) in [5.41, 5.74) is 5.21. The van der Waals surface area contributed by atoms with Crippen LogP contribution >= 0.6 is 11.3 Å². The van der Waals surface area contributed by atoms with Crippen molar-refractivity contribution >= 4 is 39.1 Å². The van der Waals surface area contributed by atoms with Crippen molar-refractivity contribution < 1.29 is 37.0 Å². The maximum Gasteiger partial charge on any atom is 0.433 e. The number of aromatic nitrogens is 5. The van der Waals surface area contributed by atoms with Crippen LogP contribution in [0.15, 0.2) is 42.7 Å². The van der Waals surface area contributed by atoms with Crippen LogP contribution < -0.4 is 25.3 Å². The number of primary amides is 1. The summed E-state index contributed by atoms with van der Waals surface area (Å²) >= 11 is 0.648. The third kappa shape index (κ3) is 5.75. The maximum atomic E-state index is 13.9. The first-order chi connectivity index (χ1) is 20.9. The van der Waals surface area contributed by atoms with E-state index in [4.69, 9.17) is 19.9 Å². The van der Waals surface area contributed by atoms with Gasteiger partial charge in [-0.05, 0) is 43.7 Å². The molecule has 0 spiro atoms. The summed E-state index contributed by atoms with van der Waals surface area (Å²) in [6.07, 6.45) is -1.70. The van der Waals surface area contributed by atoms with Gasteiger partial charge in [-0.3, -0.25) is 14.3 Å². The van der Waals surface area contributed by atoms with Crippen molar-refractivity contribution in [1.29, 1.82) is 0 Å². The summed E-state index contributed by atoms with van der Waals surface area (Å²) in [6.45, 7) is 3.83. The van der Waals surface area contributed by atoms with Gasteiger partial charge in [-0.1, -0.05) is 6.07 Å². The Morgan fingerprint density at radius 1 is 1.07 bits per heavy atom. The molecule has 0 aliphatic carbocycles. The summed E-state index contributed by atoms with van der Waals surface area (Å²) in [4.78, 5) is 29.3. The van der Waals surface area contributed by atoms with E-state index in [1.807, 2.05) is 6.92 Å². The van der Waals surface area contributed by atoms with Gasteiger partial charge in [0.15, 0.2) is 23.9 Å². The Labute approximate surface area is 252 Å². The van der Waals surface area contributed by atoms with E-state index in [1.165, 1.54) is 31.2 Å². The number of rotatable bonds is 10. The third-order valence-electron chi connectivity index (χ3n) is 6.57. The molecule has 4 aromatic heterocycles. The molecule has 0 aliphatic rings. The second kappa shape index (κ2) is 11.9. The number of nitrogens with one attached hydrogen (secondary N) is 1. The summed E-state index contributed by atoms with van der Waals surface area (Å²) in [5.74, 6) is -0.512. The average Bonchev–Trinajstić information content (AvgIpc) is 3.72. The van der Waals surface area contributed by atoms with E-state index in [9.17, 15) is 22.8 Å². The highest BCUT2D eigenvalue weighted by atomic mass is 32.1. The van der Waals surface area contributed by atoms with Crippen LogP contribution in [-0.2, 0) is 19.5 Å². The lowest BCUT2D eigenvalue weighted by molar-refractivity contribution is -0.140. The molecule has 12 nitrogen and oxygen atoms in total. The van der Waals surface area contributed by atoms with Crippen LogP contribution in [0, 0.1) is 6.92 Å². The molecule has 3 N–H and O–H groups in total. The van der Waals surface area contributed by atoms with E-state index < -0.39 is 23.7 Å². The number of nitrogens with zero attached hydrogens (tertiary/aromatic N) is 5. The van der Waals surface area contributed by atoms with Gasteiger partial charge in [-0.2, -0.15) is 23.4 Å². The van der Waals surface area contributed by atoms with Gasteiger partial charge in [0, 0.05) is 29.9 Å². The topological polar surface area (TPSA) is 148 Å². The molecule has 0 aliphatic heterocycles. The van der Waals surface area contributed by atoms with E-state index in [2.05, 4.69) is 20.5 Å². The first kappa shape index (κ1) is 30.3. The Morgan fingerprint density at radius 3 is 2.36 bits per heavy atom. The number of pyridine rings is 1. The number of carbonyl (C=O) groups excluding carboxylic acids is 2. The molecule has 2 amide bonds. The average molecular weight is 630 g/mol. The molecule has 4 heterocycles. The van der Waals surface area contributed by atoms with Gasteiger partial charge in [0.05, 0.1) is 25.6 Å². The van der Waals surface area contributed by atoms with Crippen molar-refractivity contribution in [2.24, 2.45) is 5.73 Å². The molecule has 0 saturated heterocycles. The van der Waals surface area contributed by atoms with Crippen molar-refractivity contribution in [3.63, 3.8) is 0 Å². The number of halogens is 3. The van der Waals surface area contributed by atoms with Gasteiger partial charge < -0.3 is 25.3 Å². The lowest BCUT2D eigenvalue weighted by atomic mass is 10.0. The van der Waals surface area contributed by atoms with Gasteiger partial charge in [0.1, 0.15) is 15.4 Å². The van der Waals surface area contributed by atoms with Crippen molar-refractivity contribution in [3.8, 4) is 28.4 Å². The molecule has 0 unspecified atom stereocenters. The lowest BCUT2D eigenvalue weighted by Gasteiger charge is -2.14. The Balaban J connectivity index is 1.52. The normalized spacial score (nSPS) is 11.5. The van der Waals surface area contributed by atoms with Crippen molar-refractivity contribution in [3.05, 3.63) is 64.7 Å². The molecule has 5 aromatic rings. The van der Waals surface area contributed by atoms with E-state index in [-0.39, 0.29) is 38.8 Å². The fourth-order valence-electron chi connectivity index (χ4n) is 4.52. The summed E-state index contributed by atoms with van der Waals surface area (Å²) in [7, 11) is 2.96. The van der Waals surface area contributed by atoms with E-state index in [1.54, 1.807) is 36.0 Å². The number of benzene rings is 1. The van der Waals surface area contributed by atoms with Crippen molar-refractivity contribution in [2.45, 2.75) is 33.3 Å². The van der Waals surface area contributed by atoms with Crippen molar-refractivity contribution in [1.82, 2.24) is 24.5 Å². The molecule has 16 heteroatoms. The molecule has 0 fully saturated rings. The summed E-state index contributed by atoms with van der Waals surface area (Å²) < 4.78 is 61.0. The second-order valence-corrected chi connectivity index (χ2v) is 10.3. The summed E-state index contributed by atoms with van der Waals surface area (Å²) in [5, 5.41) is 11.3. The first-order valence-electron chi connectivity index (χ1n) is 13.0. The van der Waals surface area contributed by atoms with Gasteiger partial charge in [0.2, 0.25) is 5.75 Å². The fourth-order valence-corrected chi connectivity index (χ4v) is 5.52. The lowest BCUT2D eigenvalue weighted by Crippen LogP contribution is -2.18. The Kier molecular flexibility index (Phi) is 8.19. The number of ether oxygens (including phenoxy) is 3. The third-order valence-corrected chi connectivity index (χ3v) is 7.67. The molecule has 0 saturated carbocycles. The quantitative estimate of drug-likeness (QED) is 0.217. The number of methoxy groups -OCH3 is 2. The predicted octanol–water partition coefficient (Wildman–Crippen LogP) is 5.11. The predicted molar refractivity (Wildman–Crippen MR) is 155 cm³/mol. The molecule has 5 rings (SSSR count). The van der Waals surface area contributed by atoms with E-state index in [0.717, 1.165) is 6.07 Å². The minimum atomic E-state index is -4.78. The molecular formula is C28H26F3N7O5S. The second-order valence-electron chi connectivity index (χ2n) is 9.35. The van der Waals surface area contributed by atoms with Crippen LogP contribution in [0.5, 0.6) is 17.2 Å². The van der Waals surface area contributed by atoms with Crippen LogP contribution in [0.3, 0.4) is 0 Å². The minimum Gasteiger partial charge on any atom is -0.493 e. The van der Waals surface area contributed by atoms with Crippen LogP contribution in [0.1, 0.15) is 38.5 Å². The Hall–Kier alpha value is -5.12. The highest BCUT2D eigenvalue weighted by Crippen LogP contribution is 2.44. The summed E-state index contributed by atoms with van der Waals surface area (Å²) in [6, 6.07) is 7.40. The van der Waals surface area contributed by atoms with Crippen molar-refractivity contribution in [2.75, 3.05) is 19.5 Å². The molecule has 44 heavy (non-hydrogen) atoms. The number of hydrogen-bond acceptors (Lipinski definition) is 9. The number of aryl methyl sites for hydroxylation is 2. The maximum absolute atomic E-state index is 13.9. The number of alkyl halides is 3. The molecular weight excluding hydrogens is 603 g/mol. The highest BCUT2D eigenvalue weighted by Gasteiger charge is 2.35. The smallest absolute Gasteiger partial charge is 0.433 e. The monoisotopic (exact) mass is 629 g/mol. The Morgan fingerprint density at radius 2 is 1.77 bits per heavy atom. The molecule has 1 aromatic carbocycles. The number of hydrogen-bond donors (Lipinski definition) is 2. The largest absolute Gasteiger partial charge is 0.493 e. The molecule has 0 bridgehead atoms. The fraction of sp³-hybridized carbons (Fsp3) is 0.250. The number of nitrogens with two attached hydrogens (primary N) is 1. The number of amides is 2. The first-order valence-corrected chi connectivity index (χ1v) is 13.8.